The first kappa shape index (κ1) is 16.7. The van der Waals surface area contributed by atoms with Crippen molar-refractivity contribution in [2.45, 2.75) is 4.90 Å². The molecule has 20 heavy (non-hydrogen) atoms. The highest BCUT2D eigenvalue weighted by molar-refractivity contribution is 7.91. The molecular weight excluding hydrogens is 308 g/mol. The van der Waals surface area contributed by atoms with Crippen LogP contribution < -0.4 is 11.1 Å². The summed E-state index contributed by atoms with van der Waals surface area (Å²) >= 11 is 0. The number of hydrogen-bond donors (Lipinski definition) is 4. The maximum absolute atomic E-state index is 11.9. The zero-order valence-corrected chi connectivity index (χ0v) is 12.1. The van der Waals surface area contributed by atoms with Gasteiger partial charge in [0.05, 0.1) is 28.7 Å². The van der Waals surface area contributed by atoms with Crippen molar-refractivity contribution in [1.82, 2.24) is 0 Å². The van der Waals surface area contributed by atoms with Crippen LogP contribution in [0.25, 0.3) is 0 Å². The summed E-state index contributed by atoms with van der Waals surface area (Å²) in [7, 11) is -7.87. The van der Waals surface area contributed by atoms with Crippen LogP contribution in [0.15, 0.2) is 23.1 Å². The van der Waals surface area contributed by atoms with Crippen molar-refractivity contribution in [3.8, 4) is 0 Å². The van der Waals surface area contributed by atoms with E-state index in [4.69, 9.17) is 15.4 Å². The summed E-state index contributed by atoms with van der Waals surface area (Å²) in [5.74, 6) is -1.03. The second-order valence-electron chi connectivity index (χ2n) is 4.01. The maximum atomic E-state index is 11.9. The normalized spacial score (nSPS) is 12.3. The van der Waals surface area contributed by atoms with E-state index in [0.29, 0.717) is 0 Å². The molecule has 10 heteroatoms. The van der Waals surface area contributed by atoms with Crippen molar-refractivity contribution in [2.75, 3.05) is 35.7 Å². The average Bonchev–Trinajstić information content (AvgIpc) is 2.29. The summed E-state index contributed by atoms with van der Waals surface area (Å²) in [6, 6.07) is 4.07. The van der Waals surface area contributed by atoms with E-state index >= 15 is 0 Å². The maximum Gasteiger partial charge on any atom is 0.266 e. The van der Waals surface area contributed by atoms with Crippen molar-refractivity contribution < 1.29 is 26.5 Å². The minimum atomic E-state index is -4.14. The molecule has 1 rings (SSSR count). The molecule has 1 aromatic carbocycles. The van der Waals surface area contributed by atoms with Crippen molar-refractivity contribution in [2.24, 2.45) is 0 Å². The quantitative estimate of drug-likeness (QED) is 0.381. The summed E-state index contributed by atoms with van der Waals surface area (Å²) in [6.45, 7) is -0.702. The van der Waals surface area contributed by atoms with Gasteiger partial charge < -0.3 is 16.2 Å². The zero-order valence-electron chi connectivity index (χ0n) is 10.5. The van der Waals surface area contributed by atoms with Crippen LogP contribution in [0.2, 0.25) is 0 Å². The third kappa shape index (κ3) is 4.96. The van der Waals surface area contributed by atoms with E-state index in [1.54, 1.807) is 0 Å². The topological polar surface area (TPSA) is 147 Å². The van der Waals surface area contributed by atoms with E-state index in [2.05, 4.69) is 5.32 Å². The van der Waals surface area contributed by atoms with Gasteiger partial charge in [-0.25, -0.2) is 8.42 Å². The second-order valence-corrected chi connectivity index (χ2v) is 7.66. The number of aliphatic hydroxyl groups excluding tert-OH is 1. The molecular formula is C10H16N2O6S2. The van der Waals surface area contributed by atoms with Gasteiger partial charge in [-0.05, 0) is 18.2 Å². The molecule has 8 nitrogen and oxygen atoms in total. The Hall–Kier alpha value is -1.36. The summed E-state index contributed by atoms with van der Waals surface area (Å²) in [5, 5.41) is 11.4. The van der Waals surface area contributed by atoms with Gasteiger partial charge in [-0.15, -0.1) is 0 Å². The second kappa shape index (κ2) is 6.39. The molecule has 5 N–H and O–H groups in total. The van der Waals surface area contributed by atoms with Gasteiger partial charge in [0, 0.05) is 12.2 Å². The lowest BCUT2D eigenvalue weighted by atomic mass is 10.3. The third-order valence-corrected chi connectivity index (χ3v) is 4.82. The van der Waals surface area contributed by atoms with E-state index in [1.165, 1.54) is 18.2 Å². The molecule has 0 aromatic heterocycles. The number of nitrogens with one attached hydrogen (secondary N) is 1. The van der Waals surface area contributed by atoms with Gasteiger partial charge >= 0.3 is 0 Å². The Morgan fingerprint density at radius 2 is 1.80 bits per heavy atom. The predicted octanol–water partition coefficient (Wildman–Crippen LogP) is -0.665. The number of aliphatic hydroxyl groups is 1. The molecule has 0 aliphatic carbocycles. The molecule has 0 heterocycles. The average molecular weight is 324 g/mol. The first-order valence-corrected chi connectivity index (χ1v) is 8.84. The highest BCUT2D eigenvalue weighted by Crippen LogP contribution is 2.24. The number of rotatable bonds is 7. The SMILES string of the molecule is Nc1ccc(NCCS(=O)(=O)O)c(S(=O)(=O)CCO)c1. The third-order valence-electron chi connectivity index (χ3n) is 2.38. The zero-order chi connectivity index (χ0) is 15.4. The van der Waals surface area contributed by atoms with Crippen LogP contribution in [0.3, 0.4) is 0 Å². The van der Waals surface area contributed by atoms with Gasteiger partial charge in [0.25, 0.3) is 10.1 Å². The highest BCUT2D eigenvalue weighted by Gasteiger charge is 2.19. The Balaban J connectivity index is 3.02. The number of benzene rings is 1. The van der Waals surface area contributed by atoms with E-state index < -0.39 is 38.1 Å². The van der Waals surface area contributed by atoms with Crippen molar-refractivity contribution in [1.29, 1.82) is 0 Å². The minimum absolute atomic E-state index is 0.123. The van der Waals surface area contributed by atoms with Crippen molar-refractivity contribution >= 4 is 31.3 Å². The molecule has 0 atom stereocenters. The molecule has 0 fully saturated rings. The highest BCUT2D eigenvalue weighted by atomic mass is 32.2. The van der Waals surface area contributed by atoms with E-state index in [0.717, 1.165) is 0 Å². The number of nitrogens with two attached hydrogens (primary N) is 1. The van der Waals surface area contributed by atoms with Gasteiger partial charge in [0.1, 0.15) is 0 Å². The van der Waals surface area contributed by atoms with Crippen LogP contribution in [0.1, 0.15) is 0 Å². The molecule has 0 bridgehead atoms. The Morgan fingerprint density at radius 1 is 1.15 bits per heavy atom. The molecule has 0 aliphatic heterocycles. The lowest BCUT2D eigenvalue weighted by Gasteiger charge is -2.12. The smallest absolute Gasteiger partial charge is 0.266 e. The van der Waals surface area contributed by atoms with Gasteiger partial charge in [-0.3, -0.25) is 4.55 Å². The van der Waals surface area contributed by atoms with E-state index in [9.17, 15) is 16.8 Å². The lowest BCUT2D eigenvalue weighted by molar-refractivity contribution is 0.319. The molecule has 0 saturated heterocycles. The first-order chi connectivity index (χ1) is 9.15. The standard InChI is InChI=1S/C10H16N2O6S2/c11-8-1-2-9(12-3-5-20(16,17)18)10(7-8)19(14,15)6-4-13/h1-2,7,12-13H,3-6,11H2,(H,16,17,18). The molecule has 0 aliphatic rings. The fourth-order valence-corrected chi connectivity index (χ4v) is 3.10. The van der Waals surface area contributed by atoms with Crippen LogP contribution in [0.5, 0.6) is 0 Å². The van der Waals surface area contributed by atoms with Crippen LogP contribution >= 0.6 is 0 Å². The molecule has 0 unspecified atom stereocenters. The van der Waals surface area contributed by atoms with Gasteiger partial charge in [-0.1, -0.05) is 0 Å². The van der Waals surface area contributed by atoms with Gasteiger partial charge in [-0.2, -0.15) is 8.42 Å². The molecule has 0 amide bonds. The van der Waals surface area contributed by atoms with E-state index in [-0.39, 0.29) is 22.8 Å². The van der Waals surface area contributed by atoms with Gasteiger partial charge in [0.15, 0.2) is 9.84 Å². The van der Waals surface area contributed by atoms with Crippen LogP contribution in [0, 0.1) is 0 Å². The lowest BCUT2D eigenvalue weighted by Crippen LogP contribution is -2.18. The van der Waals surface area contributed by atoms with Crippen LogP contribution in [-0.2, 0) is 20.0 Å². The predicted molar refractivity (Wildman–Crippen MR) is 74.9 cm³/mol. The Kier molecular flexibility index (Phi) is 5.34. The van der Waals surface area contributed by atoms with Crippen LogP contribution in [0.4, 0.5) is 11.4 Å². The fraction of sp³-hybridized carbons (Fsp3) is 0.400. The Labute approximate surface area is 117 Å². The molecule has 0 saturated carbocycles. The fourth-order valence-electron chi connectivity index (χ4n) is 1.49. The van der Waals surface area contributed by atoms with Gasteiger partial charge in [0.2, 0.25) is 0 Å². The monoisotopic (exact) mass is 324 g/mol. The van der Waals surface area contributed by atoms with E-state index in [1.807, 2.05) is 0 Å². The number of nitrogen functional groups attached to an aromatic ring is 1. The molecule has 0 radical (unpaired) electrons. The number of hydrogen-bond acceptors (Lipinski definition) is 7. The number of sulfone groups is 1. The summed E-state index contributed by atoms with van der Waals surface area (Å²) in [5.41, 5.74) is 5.91. The Morgan fingerprint density at radius 3 is 2.35 bits per heavy atom. The minimum Gasteiger partial charge on any atom is -0.399 e. The molecule has 114 valence electrons. The largest absolute Gasteiger partial charge is 0.399 e. The molecule has 0 spiro atoms. The number of anilines is 2. The summed E-state index contributed by atoms with van der Waals surface area (Å²) in [4.78, 5) is -0.123. The van der Waals surface area contributed by atoms with Crippen LogP contribution in [-0.4, -0.2) is 51.2 Å². The summed E-state index contributed by atoms with van der Waals surface area (Å²) in [6.07, 6.45) is 0. The van der Waals surface area contributed by atoms with Crippen molar-refractivity contribution in [3.63, 3.8) is 0 Å². The summed E-state index contributed by atoms with van der Waals surface area (Å²) < 4.78 is 53.7. The molecule has 1 aromatic rings. The first-order valence-electron chi connectivity index (χ1n) is 5.58. The Bertz CT molecular complexity index is 669. The van der Waals surface area contributed by atoms with Crippen molar-refractivity contribution in [3.05, 3.63) is 18.2 Å².